The second-order valence-electron chi connectivity index (χ2n) is 6.33. The van der Waals surface area contributed by atoms with Gasteiger partial charge in [-0.1, -0.05) is 0 Å². The third-order valence-electron chi connectivity index (χ3n) is 4.45. The molecule has 8 heteroatoms. The molecule has 1 aliphatic rings. The molecule has 2 rings (SSSR count). The van der Waals surface area contributed by atoms with E-state index in [1.165, 1.54) is 0 Å². The highest BCUT2D eigenvalue weighted by molar-refractivity contribution is 14.0. The van der Waals surface area contributed by atoms with Gasteiger partial charge in [-0.25, -0.2) is 4.99 Å². The Balaban J connectivity index is 0.00000312. The monoisotopic (exact) mass is 483 g/mol. The lowest BCUT2D eigenvalue weighted by Gasteiger charge is -2.36. The van der Waals surface area contributed by atoms with Crippen LogP contribution >= 0.6 is 35.3 Å². The van der Waals surface area contributed by atoms with Gasteiger partial charge in [0.1, 0.15) is 5.60 Å². The van der Waals surface area contributed by atoms with Crippen molar-refractivity contribution in [3.8, 4) is 0 Å². The van der Waals surface area contributed by atoms with Gasteiger partial charge in [-0.3, -0.25) is 0 Å². The number of nitrogens with one attached hydrogen (secondary N) is 2. The minimum Gasteiger partial charge on any atom is -0.383 e. The summed E-state index contributed by atoms with van der Waals surface area (Å²) in [7, 11) is 1.75. The minimum atomic E-state index is -0.972. The van der Waals surface area contributed by atoms with E-state index >= 15 is 0 Å². The van der Waals surface area contributed by atoms with Crippen LogP contribution in [0.3, 0.4) is 0 Å². The van der Waals surface area contributed by atoms with Gasteiger partial charge in [0, 0.05) is 46.3 Å². The molecular weight excluding hydrogens is 453 g/mol. The van der Waals surface area contributed by atoms with Crippen molar-refractivity contribution in [2.45, 2.75) is 37.9 Å². The average Bonchev–Trinajstić information content (AvgIpc) is 3.14. The second-order valence-corrected chi connectivity index (χ2v) is 7.11. The fraction of sp³-hybridized carbons (Fsp3) is 0.706. The zero-order valence-corrected chi connectivity index (χ0v) is 18.4. The average molecular weight is 483 g/mol. The van der Waals surface area contributed by atoms with Crippen molar-refractivity contribution in [2.24, 2.45) is 4.99 Å². The second kappa shape index (κ2) is 10.7. The molecular formula is C17H30IN3O3S. The molecule has 0 radical (unpaired) electrons. The lowest BCUT2D eigenvalue weighted by Crippen LogP contribution is -2.51. The molecule has 3 N–H and O–H groups in total. The van der Waals surface area contributed by atoms with Crippen LogP contribution in [-0.4, -0.2) is 56.6 Å². The van der Waals surface area contributed by atoms with Crippen LogP contribution in [0.1, 0.15) is 32.3 Å². The first-order valence-corrected chi connectivity index (χ1v) is 9.36. The highest BCUT2D eigenvalue weighted by Crippen LogP contribution is 2.24. The Morgan fingerprint density at radius 3 is 2.72 bits per heavy atom. The van der Waals surface area contributed by atoms with Gasteiger partial charge < -0.3 is 25.2 Å². The third kappa shape index (κ3) is 6.67. The van der Waals surface area contributed by atoms with E-state index in [1.807, 2.05) is 23.8 Å². The van der Waals surface area contributed by atoms with Gasteiger partial charge in [0.2, 0.25) is 0 Å². The first-order valence-electron chi connectivity index (χ1n) is 8.41. The SMILES string of the molecule is CCNC(=NCC(C)(O)c1ccsc1)NCC1(OC)CCOCC1.I. The Morgan fingerprint density at radius 2 is 2.16 bits per heavy atom. The molecule has 0 aliphatic carbocycles. The molecule has 0 amide bonds. The predicted octanol–water partition coefficient (Wildman–Crippen LogP) is 2.32. The van der Waals surface area contributed by atoms with Gasteiger partial charge in [-0.15, -0.1) is 24.0 Å². The molecule has 0 saturated carbocycles. The minimum absolute atomic E-state index is 0. The van der Waals surface area contributed by atoms with Gasteiger partial charge >= 0.3 is 0 Å². The first-order chi connectivity index (χ1) is 11.5. The topological polar surface area (TPSA) is 75.1 Å². The van der Waals surface area contributed by atoms with Crippen LogP contribution in [-0.2, 0) is 15.1 Å². The Hall–Kier alpha value is -0.420. The smallest absolute Gasteiger partial charge is 0.191 e. The van der Waals surface area contributed by atoms with Crippen LogP contribution < -0.4 is 10.6 Å². The summed E-state index contributed by atoms with van der Waals surface area (Å²) in [6.45, 7) is 6.97. The molecule has 2 heterocycles. The Kier molecular flexibility index (Phi) is 9.65. The van der Waals surface area contributed by atoms with Gasteiger partial charge in [-0.2, -0.15) is 11.3 Å². The Morgan fingerprint density at radius 1 is 1.44 bits per heavy atom. The zero-order chi connectivity index (χ0) is 17.5. The molecule has 1 aromatic rings. The Labute approximate surface area is 171 Å². The number of ether oxygens (including phenoxy) is 2. The molecule has 6 nitrogen and oxygen atoms in total. The van der Waals surface area contributed by atoms with Gasteiger partial charge in [-0.05, 0) is 36.2 Å². The lowest BCUT2D eigenvalue weighted by molar-refractivity contribution is -0.0855. The summed E-state index contributed by atoms with van der Waals surface area (Å²) >= 11 is 1.57. The predicted molar refractivity (Wildman–Crippen MR) is 113 cm³/mol. The van der Waals surface area contributed by atoms with Crippen LogP contribution in [0.4, 0.5) is 0 Å². The number of rotatable bonds is 7. The number of thiophene rings is 1. The molecule has 1 saturated heterocycles. The molecule has 0 aromatic carbocycles. The molecule has 1 aliphatic heterocycles. The molecule has 0 bridgehead atoms. The highest BCUT2D eigenvalue weighted by Gasteiger charge is 2.32. The van der Waals surface area contributed by atoms with E-state index in [1.54, 1.807) is 25.4 Å². The van der Waals surface area contributed by atoms with Crippen LogP contribution in [0.25, 0.3) is 0 Å². The zero-order valence-electron chi connectivity index (χ0n) is 15.2. The molecule has 1 fully saturated rings. The highest BCUT2D eigenvalue weighted by atomic mass is 127. The summed E-state index contributed by atoms with van der Waals surface area (Å²) in [6.07, 6.45) is 1.73. The molecule has 1 unspecified atom stereocenters. The van der Waals surface area contributed by atoms with E-state index in [4.69, 9.17) is 9.47 Å². The van der Waals surface area contributed by atoms with E-state index in [-0.39, 0.29) is 29.6 Å². The quantitative estimate of drug-likeness (QED) is 0.316. The van der Waals surface area contributed by atoms with Crippen molar-refractivity contribution < 1.29 is 14.6 Å². The van der Waals surface area contributed by atoms with Crippen molar-refractivity contribution >= 4 is 41.3 Å². The molecule has 25 heavy (non-hydrogen) atoms. The molecule has 1 atom stereocenters. The van der Waals surface area contributed by atoms with Crippen molar-refractivity contribution in [1.29, 1.82) is 0 Å². The van der Waals surface area contributed by atoms with E-state index in [9.17, 15) is 5.11 Å². The summed E-state index contributed by atoms with van der Waals surface area (Å²) in [4.78, 5) is 4.55. The maximum atomic E-state index is 10.6. The summed E-state index contributed by atoms with van der Waals surface area (Å²) < 4.78 is 11.2. The normalized spacial score (nSPS) is 19.6. The van der Waals surface area contributed by atoms with Crippen molar-refractivity contribution in [3.63, 3.8) is 0 Å². The van der Waals surface area contributed by atoms with Crippen LogP contribution in [0.15, 0.2) is 21.8 Å². The van der Waals surface area contributed by atoms with Crippen molar-refractivity contribution in [3.05, 3.63) is 22.4 Å². The summed E-state index contributed by atoms with van der Waals surface area (Å²) in [6, 6.07) is 1.93. The van der Waals surface area contributed by atoms with E-state index in [2.05, 4.69) is 15.6 Å². The van der Waals surface area contributed by atoms with E-state index in [0.29, 0.717) is 19.0 Å². The van der Waals surface area contributed by atoms with Gasteiger partial charge in [0.15, 0.2) is 5.96 Å². The number of nitrogens with zero attached hydrogens (tertiary/aromatic N) is 1. The van der Waals surface area contributed by atoms with E-state index in [0.717, 1.165) is 38.2 Å². The maximum absolute atomic E-state index is 10.6. The van der Waals surface area contributed by atoms with Crippen LogP contribution in [0.2, 0.25) is 0 Å². The lowest BCUT2D eigenvalue weighted by atomic mass is 9.94. The fourth-order valence-corrected chi connectivity index (χ4v) is 3.46. The number of aliphatic imine (C=N–C) groups is 1. The van der Waals surface area contributed by atoms with Crippen LogP contribution in [0, 0.1) is 0 Å². The number of guanidine groups is 1. The summed E-state index contributed by atoms with van der Waals surface area (Å²) in [5, 5.41) is 21.1. The van der Waals surface area contributed by atoms with Crippen molar-refractivity contribution in [1.82, 2.24) is 10.6 Å². The number of methoxy groups -OCH3 is 1. The largest absolute Gasteiger partial charge is 0.383 e. The third-order valence-corrected chi connectivity index (χ3v) is 5.13. The van der Waals surface area contributed by atoms with Crippen LogP contribution in [0.5, 0.6) is 0 Å². The first kappa shape index (κ1) is 22.6. The summed E-state index contributed by atoms with van der Waals surface area (Å²) in [5.74, 6) is 0.691. The number of hydrogen-bond donors (Lipinski definition) is 3. The number of hydrogen-bond acceptors (Lipinski definition) is 5. The number of halogens is 1. The fourth-order valence-electron chi connectivity index (χ4n) is 2.68. The van der Waals surface area contributed by atoms with E-state index < -0.39 is 5.60 Å². The molecule has 1 aromatic heterocycles. The van der Waals surface area contributed by atoms with Crippen molar-refractivity contribution in [2.75, 3.05) is 40.0 Å². The molecule has 144 valence electrons. The Bertz CT molecular complexity index is 517. The number of aliphatic hydroxyl groups is 1. The standard InChI is InChI=1S/C17H29N3O3S.HI/c1-4-18-15(19-12-16(2,21)14-5-10-24-11-14)20-13-17(22-3)6-8-23-9-7-17;/h5,10-11,21H,4,6-9,12-13H2,1-3H3,(H2,18,19,20);1H. The maximum Gasteiger partial charge on any atom is 0.191 e. The summed E-state index contributed by atoms with van der Waals surface area (Å²) in [5.41, 5.74) is -0.297. The van der Waals surface area contributed by atoms with Gasteiger partial charge in [0.05, 0.1) is 12.1 Å². The molecule has 0 spiro atoms. The van der Waals surface area contributed by atoms with Gasteiger partial charge in [0.25, 0.3) is 0 Å².